The van der Waals surface area contributed by atoms with Crippen molar-refractivity contribution in [1.82, 2.24) is 9.88 Å². The van der Waals surface area contributed by atoms with Crippen LogP contribution in [0, 0.1) is 6.92 Å². The fourth-order valence-electron chi connectivity index (χ4n) is 2.63. The third kappa shape index (κ3) is 1.99. The molecular weight excluding hydrogens is 224 g/mol. The third-order valence-corrected chi connectivity index (χ3v) is 3.72. The average molecular weight is 244 g/mol. The van der Waals surface area contributed by atoms with E-state index in [1.54, 1.807) is 7.11 Å². The Hall–Kier alpha value is -1.48. The van der Waals surface area contributed by atoms with E-state index in [0.29, 0.717) is 0 Å². The summed E-state index contributed by atoms with van der Waals surface area (Å²) in [5.74, 6) is 0.943. The Morgan fingerprint density at radius 1 is 1.39 bits per heavy atom. The topological polar surface area (TPSA) is 26.2 Å². The first kappa shape index (κ1) is 11.6. The molecule has 0 saturated heterocycles. The molecule has 18 heavy (non-hydrogen) atoms. The number of fused-ring (bicyclic) bond motifs is 1. The quantitative estimate of drug-likeness (QED) is 0.895. The van der Waals surface area contributed by atoms with Gasteiger partial charge < -0.3 is 14.6 Å². The number of aromatic nitrogens is 1. The molecule has 96 valence electrons. The van der Waals surface area contributed by atoms with Crippen LogP contribution >= 0.6 is 0 Å². The largest absolute Gasteiger partial charge is 0.497 e. The van der Waals surface area contributed by atoms with Gasteiger partial charge in [-0.05, 0) is 43.0 Å². The number of benzene rings is 1. The molecule has 1 aromatic heterocycles. The van der Waals surface area contributed by atoms with Crippen LogP contribution in [0.2, 0.25) is 0 Å². The van der Waals surface area contributed by atoms with Crippen LogP contribution in [-0.4, -0.2) is 17.7 Å². The van der Waals surface area contributed by atoms with Gasteiger partial charge in [-0.25, -0.2) is 0 Å². The number of nitrogens with zero attached hydrogens (tertiary/aromatic N) is 1. The lowest BCUT2D eigenvalue weighted by Crippen LogP contribution is -2.14. The highest BCUT2D eigenvalue weighted by Crippen LogP contribution is 2.29. The molecule has 1 N–H and O–H groups in total. The molecule has 0 amide bonds. The molecule has 0 atom stereocenters. The summed E-state index contributed by atoms with van der Waals surface area (Å²) in [5, 5.41) is 4.89. The third-order valence-electron chi connectivity index (χ3n) is 3.72. The van der Waals surface area contributed by atoms with Crippen LogP contribution in [0.3, 0.4) is 0 Å². The van der Waals surface area contributed by atoms with Gasteiger partial charge in [0.2, 0.25) is 0 Å². The number of ether oxygens (including phenoxy) is 1. The molecule has 2 aromatic rings. The van der Waals surface area contributed by atoms with E-state index < -0.39 is 0 Å². The molecule has 1 fully saturated rings. The van der Waals surface area contributed by atoms with Crippen molar-refractivity contribution in [2.75, 3.05) is 7.11 Å². The van der Waals surface area contributed by atoms with Gasteiger partial charge in [-0.3, -0.25) is 0 Å². The van der Waals surface area contributed by atoms with E-state index in [9.17, 15) is 0 Å². The minimum absolute atomic E-state index is 0.743. The van der Waals surface area contributed by atoms with Crippen LogP contribution in [0.5, 0.6) is 5.75 Å². The Balaban J connectivity index is 2.04. The maximum absolute atomic E-state index is 5.38. The Morgan fingerprint density at radius 2 is 2.17 bits per heavy atom. The lowest BCUT2D eigenvalue weighted by molar-refractivity contribution is 0.415. The highest BCUT2D eigenvalue weighted by Gasteiger charge is 2.21. The van der Waals surface area contributed by atoms with E-state index in [4.69, 9.17) is 4.74 Å². The Kier molecular flexibility index (Phi) is 2.78. The van der Waals surface area contributed by atoms with Crippen molar-refractivity contribution < 1.29 is 4.74 Å². The van der Waals surface area contributed by atoms with Crippen LogP contribution in [0.4, 0.5) is 0 Å². The highest BCUT2D eigenvalue weighted by atomic mass is 16.5. The summed E-state index contributed by atoms with van der Waals surface area (Å²) < 4.78 is 7.59. The van der Waals surface area contributed by atoms with Crippen molar-refractivity contribution in [2.24, 2.45) is 7.05 Å². The van der Waals surface area contributed by atoms with Crippen molar-refractivity contribution in [3.05, 3.63) is 29.5 Å². The van der Waals surface area contributed by atoms with Gasteiger partial charge in [-0.1, -0.05) is 0 Å². The van der Waals surface area contributed by atoms with Gasteiger partial charge in [0, 0.05) is 31.2 Å². The van der Waals surface area contributed by atoms with Crippen LogP contribution < -0.4 is 10.1 Å². The minimum atomic E-state index is 0.743. The maximum atomic E-state index is 5.38. The van der Waals surface area contributed by atoms with Crippen molar-refractivity contribution in [3.8, 4) is 5.75 Å². The second kappa shape index (κ2) is 4.32. The molecule has 3 rings (SSSR count). The smallest absolute Gasteiger partial charge is 0.119 e. The van der Waals surface area contributed by atoms with E-state index in [1.807, 2.05) is 0 Å². The van der Waals surface area contributed by atoms with E-state index in [-0.39, 0.29) is 0 Å². The monoisotopic (exact) mass is 244 g/mol. The second-order valence-electron chi connectivity index (χ2n) is 5.26. The molecule has 1 heterocycles. The molecule has 1 saturated carbocycles. The van der Waals surface area contributed by atoms with Gasteiger partial charge in [0.25, 0.3) is 0 Å². The summed E-state index contributed by atoms with van der Waals surface area (Å²) >= 11 is 0. The van der Waals surface area contributed by atoms with E-state index in [0.717, 1.165) is 18.3 Å². The molecule has 0 aliphatic heterocycles. The standard InChI is InChI=1S/C15H20N2O/c1-10-6-13(18-3)7-14-11(8-16-12-4-5-12)9-17(2)15(10)14/h6-7,9,12,16H,4-5,8H2,1-3H3. The molecule has 1 aliphatic carbocycles. The second-order valence-corrected chi connectivity index (χ2v) is 5.26. The summed E-state index contributed by atoms with van der Waals surface area (Å²) in [6.45, 7) is 3.09. The first-order chi connectivity index (χ1) is 8.69. The van der Waals surface area contributed by atoms with Gasteiger partial charge in [-0.2, -0.15) is 0 Å². The van der Waals surface area contributed by atoms with Gasteiger partial charge in [0.15, 0.2) is 0 Å². The first-order valence-corrected chi connectivity index (χ1v) is 6.55. The number of hydrogen-bond donors (Lipinski definition) is 1. The van der Waals surface area contributed by atoms with Gasteiger partial charge in [-0.15, -0.1) is 0 Å². The predicted octanol–water partition coefficient (Wildman–Crippen LogP) is 2.75. The zero-order valence-corrected chi connectivity index (χ0v) is 11.3. The van der Waals surface area contributed by atoms with E-state index in [1.165, 1.54) is 34.9 Å². The Morgan fingerprint density at radius 3 is 2.83 bits per heavy atom. The SMILES string of the molecule is COc1cc(C)c2c(c1)c(CNC1CC1)cn2C. The highest BCUT2D eigenvalue weighted by molar-refractivity contribution is 5.88. The van der Waals surface area contributed by atoms with E-state index in [2.05, 4.69) is 42.2 Å². The minimum Gasteiger partial charge on any atom is -0.497 e. The lowest BCUT2D eigenvalue weighted by atomic mass is 10.1. The van der Waals surface area contributed by atoms with Gasteiger partial charge >= 0.3 is 0 Å². The van der Waals surface area contributed by atoms with Gasteiger partial charge in [0.05, 0.1) is 12.6 Å². The number of rotatable bonds is 4. The number of aryl methyl sites for hydroxylation is 2. The van der Waals surface area contributed by atoms with Crippen molar-refractivity contribution in [2.45, 2.75) is 32.4 Å². The van der Waals surface area contributed by atoms with Crippen molar-refractivity contribution in [1.29, 1.82) is 0 Å². The molecule has 0 radical (unpaired) electrons. The number of methoxy groups -OCH3 is 1. The molecule has 1 aliphatic rings. The Bertz CT molecular complexity index is 582. The van der Waals surface area contributed by atoms with Gasteiger partial charge in [0.1, 0.15) is 5.75 Å². The lowest BCUT2D eigenvalue weighted by Gasteiger charge is -2.06. The van der Waals surface area contributed by atoms with Crippen LogP contribution in [-0.2, 0) is 13.6 Å². The molecule has 3 heteroatoms. The molecule has 0 spiro atoms. The maximum Gasteiger partial charge on any atom is 0.119 e. The molecule has 0 bridgehead atoms. The average Bonchev–Trinajstić information content (AvgIpc) is 3.12. The van der Waals surface area contributed by atoms with Crippen LogP contribution in [0.15, 0.2) is 18.3 Å². The zero-order chi connectivity index (χ0) is 12.7. The predicted molar refractivity (Wildman–Crippen MR) is 74.1 cm³/mol. The zero-order valence-electron chi connectivity index (χ0n) is 11.3. The molecule has 3 nitrogen and oxygen atoms in total. The summed E-state index contributed by atoms with van der Waals surface area (Å²) in [7, 11) is 3.84. The number of hydrogen-bond acceptors (Lipinski definition) is 2. The first-order valence-electron chi connectivity index (χ1n) is 6.55. The summed E-state index contributed by atoms with van der Waals surface area (Å²) in [6, 6.07) is 4.99. The molecular formula is C15H20N2O. The summed E-state index contributed by atoms with van der Waals surface area (Å²) in [6.07, 6.45) is 4.88. The molecule has 1 aromatic carbocycles. The Labute approximate surface area is 108 Å². The van der Waals surface area contributed by atoms with Crippen LogP contribution in [0.1, 0.15) is 24.0 Å². The summed E-state index contributed by atoms with van der Waals surface area (Å²) in [5.41, 5.74) is 3.94. The normalized spacial score (nSPS) is 15.3. The summed E-state index contributed by atoms with van der Waals surface area (Å²) in [4.78, 5) is 0. The van der Waals surface area contributed by atoms with Crippen molar-refractivity contribution >= 4 is 10.9 Å². The van der Waals surface area contributed by atoms with Crippen LogP contribution in [0.25, 0.3) is 10.9 Å². The fraction of sp³-hybridized carbons (Fsp3) is 0.467. The van der Waals surface area contributed by atoms with Crippen molar-refractivity contribution in [3.63, 3.8) is 0 Å². The van der Waals surface area contributed by atoms with E-state index >= 15 is 0 Å². The fourth-order valence-corrected chi connectivity index (χ4v) is 2.63. The molecule has 0 unspecified atom stereocenters. The number of nitrogens with one attached hydrogen (secondary N) is 1.